The van der Waals surface area contributed by atoms with Crippen molar-refractivity contribution in [3.05, 3.63) is 29.8 Å². The van der Waals surface area contributed by atoms with E-state index in [9.17, 15) is 0 Å². The van der Waals surface area contributed by atoms with Crippen molar-refractivity contribution in [3.63, 3.8) is 0 Å². The van der Waals surface area contributed by atoms with Crippen molar-refractivity contribution in [3.8, 4) is 6.07 Å². The van der Waals surface area contributed by atoms with Gasteiger partial charge in [0, 0.05) is 11.7 Å². The smallest absolute Gasteiger partial charge is 0.0991 e. The molecular formula is C16H24N2. The summed E-state index contributed by atoms with van der Waals surface area (Å²) in [5, 5.41) is 12.2. The fraction of sp³-hybridized carbons (Fsp3) is 0.562. The molecule has 18 heavy (non-hydrogen) atoms. The van der Waals surface area contributed by atoms with Gasteiger partial charge in [0.1, 0.15) is 0 Å². The minimum absolute atomic E-state index is 0.500. The van der Waals surface area contributed by atoms with Crippen LogP contribution in [0.25, 0.3) is 0 Å². The number of hydrogen-bond donors (Lipinski definition) is 1. The molecule has 1 aromatic rings. The summed E-state index contributed by atoms with van der Waals surface area (Å²) in [4.78, 5) is 0. The third kappa shape index (κ3) is 5.72. The monoisotopic (exact) mass is 244 g/mol. The topological polar surface area (TPSA) is 35.8 Å². The minimum Gasteiger partial charge on any atom is -0.383 e. The molecule has 0 aliphatic rings. The molecule has 98 valence electrons. The predicted octanol–water partition coefficient (Wildman–Crippen LogP) is 4.72. The summed E-state index contributed by atoms with van der Waals surface area (Å²) in [6, 6.07) is 10.3. The maximum Gasteiger partial charge on any atom is 0.0991 e. The molecule has 0 saturated heterocycles. The number of nitriles is 1. The van der Waals surface area contributed by atoms with Gasteiger partial charge < -0.3 is 5.32 Å². The van der Waals surface area contributed by atoms with Gasteiger partial charge in [-0.2, -0.15) is 5.26 Å². The second kappa shape index (κ2) is 8.58. The molecule has 1 N–H and O–H groups in total. The lowest BCUT2D eigenvalue weighted by Crippen LogP contribution is -2.14. The van der Waals surface area contributed by atoms with E-state index < -0.39 is 0 Å². The molecule has 2 heteroatoms. The zero-order valence-corrected chi connectivity index (χ0v) is 11.6. The first-order valence-electron chi connectivity index (χ1n) is 7.03. The number of hydrogen-bond acceptors (Lipinski definition) is 2. The van der Waals surface area contributed by atoms with Crippen LogP contribution in [0.5, 0.6) is 0 Å². The zero-order valence-electron chi connectivity index (χ0n) is 11.6. The molecule has 0 amide bonds. The van der Waals surface area contributed by atoms with Crippen LogP contribution >= 0.6 is 0 Å². The molecule has 0 radical (unpaired) electrons. The van der Waals surface area contributed by atoms with E-state index >= 15 is 0 Å². The number of benzene rings is 1. The molecule has 1 atom stereocenters. The van der Waals surface area contributed by atoms with E-state index in [1.54, 1.807) is 0 Å². The standard InChI is InChI=1S/C16H24N2/c1-3-4-5-6-7-8-14(2)18-16-11-9-15(13-17)10-12-16/h9-12,14,18H,3-8H2,1-2H3. The summed E-state index contributed by atoms with van der Waals surface area (Å²) in [6.07, 6.45) is 7.87. The lowest BCUT2D eigenvalue weighted by atomic mass is 10.1. The second-order valence-corrected chi connectivity index (χ2v) is 4.94. The number of nitrogens with one attached hydrogen (secondary N) is 1. The van der Waals surface area contributed by atoms with Gasteiger partial charge in [-0.25, -0.2) is 0 Å². The maximum absolute atomic E-state index is 8.73. The van der Waals surface area contributed by atoms with Gasteiger partial charge in [-0.05, 0) is 37.6 Å². The number of anilines is 1. The SMILES string of the molecule is CCCCCCCC(C)Nc1ccc(C#N)cc1. The number of unbranched alkanes of at least 4 members (excludes halogenated alkanes) is 4. The lowest BCUT2D eigenvalue weighted by molar-refractivity contribution is 0.578. The van der Waals surface area contributed by atoms with E-state index in [0.29, 0.717) is 11.6 Å². The van der Waals surface area contributed by atoms with Crippen LogP contribution < -0.4 is 5.32 Å². The Hall–Kier alpha value is -1.49. The highest BCUT2D eigenvalue weighted by Crippen LogP contribution is 2.13. The molecule has 1 rings (SSSR count). The maximum atomic E-state index is 8.73. The van der Waals surface area contributed by atoms with Crippen LogP contribution in [0.4, 0.5) is 5.69 Å². The second-order valence-electron chi connectivity index (χ2n) is 4.94. The predicted molar refractivity (Wildman–Crippen MR) is 77.6 cm³/mol. The zero-order chi connectivity index (χ0) is 13.2. The van der Waals surface area contributed by atoms with Crippen molar-refractivity contribution in [1.29, 1.82) is 5.26 Å². The van der Waals surface area contributed by atoms with Crippen molar-refractivity contribution in [2.24, 2.45) is 0 Å². The van der Waals surface area contributed by atoms with Crippen LogP contribution in [0.1, 0.15) is 57.9 Å². The Morgan fingerprint density at radius 3 is 2.39 bits per heavy atom. The Kier molecular flexibility index (Phi) is 6.94. The summed E-state index contributed by atoms with van der Waals surface area (Å²) in [6.45, 7) is 4.47. The average molecular weight is 244 g/mol. The highest BCUT2D eigenvalue weighted by Gasteiger charge is 2.01. The van der Waals surface area contributed by atoms with Crippen molar-refractivity contribution in [1.82, 2.24) is 0 Å². The van der Waals surface area contributed by atoms with E-state index in [4.69, 9.17) is 5.26 Å². The van der Waals surface area contributed by atoms with Crippen molar-refractivity contribution in [2.45, 2.75) is 58.4 Å². The Balaban J connectivity index is 2.22. The van der Waals surface area contributed by atoms with Crippen molar-refractivity contribution < 1.29 is 0 Å². The van der Waals surface area contributed by atoms with Gasteiger partial charge in [-0.3, -0.25) is 0 Å². The first-order valence-corrected chi connectivity index (χ1v) is 7.03. The molecule has 0 aliphatic heterocycles. The van der Waals surface area contributed by atoms with Gasteiger partial charge in [0.05, 0.1) is 11.6 Å². The van der Waals surface area contributed by atoms with Gasteiger partial charge in [0.25, 0.3) is 0 Å². The average Bonchev–Trinajstić information content (AvgIpc) is 2.39. The van der Waals surface area contributed by atoms with Gasteiger partial charge in [-0.1, -0.05) is 39.0 Å². The molecule has 0 aliphatic carbocycles. The highest BCUT2D eigenvalue weighted by molar-refractivity contribution is 5.47. The Morgan fingerprint density at radius 2 is 1.78 bits per heavy atom. The lowest BCUT2D eigenvalue weighted by Gasteiger charge is -2.15. The van der Waals surface area contributed by atoms with Gasteiger partial charge in [0.15, 0.2) is 0 Å². The van der Waals surface area contributed by atoms with Gasteiger partial charge in [-0.15, -0.1) is 0 Å². The van der Waals surface area contributed by atoms with E-state index in [-0.39, 0.29) is 0 Å². The summed E-state index contributed by atoms with van der Waals surface area (Å²) >= 11 is 0. The molecule has 0 fully saturated rings. The molecule has 0 bridgehead atoms. The summed E-state index contributed by atoms with van der Waals surface area (Å²) in [5.41, 5.74) is 1.82. The minimum atomic E-state index is 0.500. The summed E-state index contributed by atoms with van der Waals surface area (Å²) < 4.78 is 0. The Labute approximate surface area is 111 Å². The third-order valence-corrected chi connectivity index (χ3v) is 3.17. The molecule has 0 aromatic heterocycles. The largest absolute Gasteiger partial charge is 0.383 e. The van der Waals surface area contributed by atoms with Gasteiger partial charge >= 0.3 is 0 Å². The summed E-state index contributed by atoms with van der Waals surface area (Å²) in [7, 11) is 0. The van der Waals surface area contributed by atoms with Crippen LogP contribution in [-0.2, 0) is 0 Å². The molecule has 1 aromatic carbocycles. The van der Waals surface area contributed by atoms with E-state index in [1.807, 2.05) is 24.3 Å². The normalized spacial score (nSPS) is 11.8. The molecular weight excluding hydrogens is 220 g/mol. The molecule has 0 spiro atoms. The van der Waals surface area contributed by atoms with Crippen molar-refractivity contribution in [2.75, 3.05) is 5.32 Å². The number of rotatable bonds is 8. The van der Waals surface area contributed by atoms with E-state index in [2.05, 4.69) is 25.2 Å². The first-order chi connectivity index (χ1) is 8.76. The van der Waals surface area contributed by atoms with Crippen LogP contribution in [0, 0.1) is 11.3 Å². The van der Waals surface area contributed by atoms with Crippen molar-refractivity contribution >= 4 is 5.69 Å². The Morgan fingerprint density at radius 1 is 1.11 bits per heavy atom. The summed E-state index contributed by atoms with van der Waals surface area (Å²) in [5.74, 6) is 0. The molecule has 2 nitrogen and oxygen atoms in total. The van der Waals surface area contributed by atoms with Crippen LogP contribution in [0.15, 0.2) is 24.3 Å². The Bertz CT molecular complexity index is 362. The van der Waals surface area contributed by atoms with Gasteiger partial charge in [0.2, 0.25) is 0 Å². The van der Waals surface area contributed by atoms with E-state index in [0.717, 1.165) is 5.69 Å². The van der Waals surface area contributed by atoms with Crippen LogP contribution in [0.2, 0.25) is 0 Å². The third-order valence-electron chi connectivity index (χ3n) is 3.17. The fourth-order valence-electron chi connectivity index (χ4n) is 2.05. The van der Waals surface area contributed by atoms with E-state index in [1.165, 1.54) is 38.5 Å². The highest BCUT2D eigenvalue weighted by atomic mass is 14.9. The fourth-order valence-corrected chi connectivity index (χ4v) is 2.05. The van der Waals surface area contributed by atoms with Crippen LogP contribution in [0.3, 0.4) is 0 Å². The first kappa shape index (κ1) is 14.6. The quantitative estimate of drug-likeness (QED) is 0.672. The molecule has 0 saturated carbocycles. The van der Waals surface area contributed by atoms with Crippen LogP contribution in [-0.4, -0.2) is 6.04 Å². The number of nitrogens with zero attached hydrogens (tertiary/aromatic N) is 1. The molecule has 1 unspecified atom stereocenters. The molecule has 0 heterocycles.